The number of carbonyl (C=O) groups is 1. The van der Waals surface area contributed by atoms with Gasteiger partial charge >= 0.3 is 0 Å². The molecule has 1 N–H and O–H groups in total. The molecule has 25 heavy (non-hydrogen) atoms. The Labute approximate surface area is 146 Å². The lowest BCUT2D eigenvalue weighted by Gasteiger charge is -2.17. The van der Waals surface area contributed by atoms with E-state index in [4.69, 9.17) is 9.68 Å². The normalized spacial score (nSPS) is 12.1. The Morgan fingerprint density at radius 3 is 2.56 bits per heavy atom. The highest BCUT2D eigenvalue weighted by Gasteiger charge is 2.22. The number of amides is 1. The smallest absolute Gasteiger partial charge is 0.251 e. The van der Waals surface area contributed by atoms with E-state index in [1.807, 2.05) is 30.3 Å². The topological polar surface area (TPSA) is 78.9 Å². The van der Waals surface area contributed by atoms with Gasteiger partial charge in [0, 0.05) is 5.56 Å². The molecule has 0 bridgehead atoms. The minimum Gasteiger partial charge on any atom is -0.438 e. The van der Waals surface area contributed by atoms with Crippen LogP contribution in [0.3, 0.4) is 0 Å². The van der Waals surface area contributed by atoms with E-state index in [1.54, 1.807) is 24.3 Å². The van der Waals surface area contributed by atoms with Gasteiger partial charge in [0.05, 0.1) is 11.6 Å². The fourth-order valence-electron chi connectivity index (χ4n) is 2.67. The number of benzene rings is 2. The molecular weight excluding hydrogens is 314 g/mol. The Morgan fingerprint density at radius 1 is 1.20 bits per heavy atom. The first-order valence-electron chi connectivity index (χ1n) is 8.23. The van der Waals surface area contributed by atoms with Gasteiger partial charge in [0.1, 0.15) is 11.6 Å². The van der Waals surface area contributed by atoms with Crippen molar-refractivity contribution in [3.63, 3.8) is 0 Å². The Morgan fingerprint density at radius 2 is 1.92 bits per heavy atom. The van der Waals surface area contributed by atoms with E-state index >= 15 is 0 Å². The standard InChI is InChI=1S/C20H19N3O2/c1-13(2)11-17(20-23-16-5-3-4-6-18(16)25-20)22-19(24)15-9-7-14(12-21)8-10-15/h3-10,13,17H,11H2,1-2H3,(H,22,24)/t17-/m1/s1. The van der Waals surface area contributed by atoms with Crippen LogP contribution in [0.4, 0.5) is 0 Å². The van der Waals surface area contributed by atoms with Crippen molar-refractivity contribution in [2.45, 2.75) is 26.3 Å². The molecule has 0 saturated carbocycles. The van der Waals surface area contributed by atoms with Crippen molar-refractivity contribution < 1.29 is 9.21 Å². The van der Waals surface area contributed by atoms with E-state index in [-0.39, 0.29) is 11.9 Å². The first kappa shape index (κ1) is 16.7. The second-order valence-corrected chi connectivity index (χ2v) is 6.36. The van der Waals surface area contributed by atoms with Crippen LogP contribution >= 0.6 is 0 Å². The van der Waals surface area contributed by atoms with Crippen LogP contribution in [0, 0.1) is 17.2 Å². The summed E-state index contributed by atoms with van der Waals surface area (Å²) >= 11 is 0. The molecule has 5 nitrogen and oxygen atoms in total. The predicted molar refractivity (Wildman–Crippen MR) is 94.8 cm³/mol. The van der Waals surface area contributed by atoms with Crippen molar-refractivity contribution in [1.29, 1.82) is 5.26 Å². The first-order chi connectivity index (χ1) is 12.1. The van der Waals surface area contributed by atoms with Crippen molar-refractivity contribution in [2.24, 2.45) is 5.92 Å². The van der Waals surface area contributed by atoms with Gasteiger partial charge in [-0.3, -0.25) is 4.79 Å². The van der Waals surface area contributed by atoms with Crippen LogP contribution in [0.25, 0.3) is 11.1 Å². The lowest BCUT2D eigenvalue weighted by Crippen LogP contribution is -2.29. The molecule has 1 amide bonds. The van der Waals surface area contributed by atoms with E-state index in [0.29, 0.717) is 28.5 Å². The molecule has 1 heterocycles. The maximum atomic E-state index is 12.6. The van der Waals surface area contributed by atoms with Gasteiger partial charge in [-0.05, 0) is 48.7 Å². The average Bonchev–Trinajstić information content (AvgIpc) is 3.05. The fraction of sp³-hybridized carbons (Fsp3) is 0.250. The average molecular weight is 333 g/mol. The van der Waals surface area contributed by atoms with E-state index in [9.17, 15) is 4.79 Å². The third-order valence-electron chi connectivity index (χ3n) is 3.90. The zero-order chi connectivity index (χ0) is 17.8. The van der Waals surface area contributed by atoms with Crippen molar-refractivity contribution in [3.05, 3.63) is 65.5 Å². The second kappa shape index (κ2) is 7.18. The lowest BCUT2D eigenvalue weighted by atomic mass is 10.0. The number of nitrogens with one attached hydrogen (secondary N) is 1. The number of para-hydroxylation sites is 2. The molecule has 0 aliphatic heterocycles. The second-order valence-electron chi connectivity index (χ2n) is 6.36. The lowest BCUT2D eigenvalue weighted by molar-refractivity contribution is 0.0925. The Balaban J connectivity index is 1.85. The summed E-state index contributed by atoms with van der Waals surface area (Å²) in [6.45, 7) is 4.17. The predicted octanol–water partition coefficient (Wildman–Crippen LogP) is 4.22. The number of carbonyl (C=O) groups excluding carboxylic acids is 1. The minimum absolute atomic E-state index is 0.211. The van der Waals surface area contributed by atoms with Crippen LogP contribution in [0.2, 0.25) is 0 Å². The van der Waals surface area contributed by atoms with E-state index in [2.05, 4.69) is 24.1 Å². The monoisotopic (exact) mass is 333 g/mol. The van der Waals surface area contributed by atoms with Crippen molar-refractivity contribution in [2.75, 3.05) is 0 Å². The van der Waals surface area contributed by atoms with E-state index in [1.165, 1.54) is 0 Å². The molecule has 0 aliphatic rings. The number of hydrogen-bond donors (Lipinski definition) is 1. The van der Waals surface area contributed by atoms with Gasteiger partial charge in [-0.1, -0.05) is 26.0 Å². The van der Waals surface area contributed by atoms with Gasteiger partial charge in [0.2, 0.25) is 5.89 Å². The molecule has 0 spiro atoms. The first-order valence-corrected chi connectivity index (χ1v) is 8.23. The van der Waals surface area contributed by atoms with Crippen LogP contribution in [0.5, 0.6) is 0 Å². The molecule has 3 rings (SSSR count). The van der Waals surface area contributed by atoms with Crippen LogP contribution in [0.1, 0.15) is 48.1 Å². The molecular formula is C20H19N3O2. The van der Waals surface area contributed by atoms with E-state index in [0.717, 1.165) is 11.9 Å². The van der Waals surface area contributed by atoms with E-state index < -0.39 is 0 Å². The fourth-order valence-corrected chi connectivity index (χ4v) is 2.67. The zero-order valence-corrected chi connectivity index (χ0v) is 14.2. The zero-order valence-electron chi connectivity index (χ0n) is 14.2. The molecule has 0 fully saturated rings. The maximum absolute atomic E-state index is 12.6. The number of rotatable bonds is 5. The summed E-state index contributed by atoms with van der Waals surface area (Å²) < 4.78 is 5.84. The van der Waals surface area contributed by atoms with Crippen LogP contribution < -0.4 is 5.32 Å². The van der Waals surface area contributed by atoms with Crippen LogP contribution in [0.15, 0.2) is 52.9 Å². The highest BCUT2D eigenvalue weighted by atomic mass is 16.3. The van der Waals surface area contributed by atoms with Crippen molar-refractivity contribution in [3.8, 4) is 6.07 Å². The van der Waals surface area contributed by atoms with Gasteiger partial charge in [-0.25, -0.2) is 4.98 Å². The number of fused-ring (bicyclic) bond motifs is 1. The minimum atomic E-state index is -0.310. The van der Waals surface area contributed by atoms with Gasteiger partial charge in [0.25, 0.3) is 5.91 Å². The Bertz CT molecular complexity index is 887. The van der Waals surface area contributed by atoms with Crippen molar-refractivity contribution in [1.82, 2.24) is 10.3 Å². The number of aromatic nitrogens is 1. The van der Waals surface area contributed by atoms with Crippen LogP contribution in [-0.2, 0) is 0 Å². The number of hydrogen-bond acceptors (Lipinski definition) is 4. The summed E-state index contributed by atoms with van der Waals surface area (Å²) in [6, 6.07) is 15.8. The number of nitriles is 1. The summed E-state index contributed by atoms with van der Waals surface area (Å²) in [5.41, 5.74) is 2.51. The van der Waals surface area contributed by atoms with Gasteiger partial charge < -0.3 is 9.73 Å². The molecule has 126 valence electrons. The molecule has 0 saturated heterocycles. The maximum Gasteiger partial charge on any atom is 0.251 e. The molecule has 2 aromatic carbocycles. The summed E-state index contributed by atoms with van der Waals surface area (Å²) in [5, 5.41) is 11.9. The van der Waals surface area contributed by atoms with Crippen molar-refractivity contribution >= 4 is 17.0 Å². The molecule has 3 aromatic rings. The summed E-state index contributed by atoms with van der Waals surface area (Å²) in [7, 11) is 0. The Kier molecular flexibility index (Phi) is 4.80. The van der Waals surface area contributed by atoms with Crippen LogP contribution in [-0.4, -0.2) is 10.9 Å². The largest absolute Gasteiger partial charge is 0.438 e. The summed E-state index contributed by atoms with van der Waals surface area (Å²) in [4.78, 5) is 17.1. The molecule has 0 unspecified atom stereocenters. The quantitative estimate of drug-likeness (QED) is 0.758. The third kappa shape index (κ3) is 3.86. The van der Waals surface area contributed by atoms with Gasteiger partial charge in [-0.2, -0.15) is 5.26 Å². The number of oxazole rings is 1. The molecule has 1 aromatic heterocycles. The molecule has 0 aliphatic carbocycles. The summed E-state index contributed by atoms with van der Waals surface area (Å²) in [6.07, 6.45) is 0.717. The highest BCUT2D eigenvalue weighted by Crippen LogP contribution is 2.25. The molecule has 0 radical (unpaired) electrons. The third-order valence-corrected chi connectivity index (χ3v) is 3.90. The SMILES string of the molecule is CC(C)C[C@@H](NC(=O)c1ccc(C#N)cc1)c1nc2ccccc2o1. The molecule has 1 atom stereocenters. The summed E-state index contributed by atoms with van der Waals surface area (Å²) in [5.74, 6) is 0.663. The Hall–Kier alpha value is -3.13. The van der Waals surface area contributed by atoms with Gasteiger partial charge in [0.15, 0.2) is 5.58 Å². The molecule has 5 heteroatoms. The van der Waals surface area contributed by atoms with Gasteiger partial charge in [-0.15, -0.1) is 0 Å². The highest BCUT2D eigenvalue weighted by molar-refractivity contribution is 5.94. The number of nitrogens with zero attached hydrogens (tertiary/aromatic N) is 2.